The summed E-state index contributed by atoms with van der Waals surface area (Å²) in [5.41, 5.74) is 25.8. The first-order valence-corrected chi connectivity index (χ1v) is 42.9. The molecule has 28 rings (SSSR count). The van der Waals surface area contributed by atoms with Crippen molar-refractivity contribution >= 4 is 228 Å². The van der Waals surface area contributed by atoms with Gasteiger partial charge in [-0.25, -0.2) is 0 Å². The third kappa shape index (κ3) is 10.8. The average molecular weight is 1600 g/mol. The fourth-order valence-electron chi connectivity index (χ4n) is 20.5. The minimum Gasteiger partial charge on any atom is -0.455 e. The largest absolute Gasteiger partial charge is 0.455 e. The number of fused-ring (bicyclic) bond motifs is 35. The average Bonchev–Trinajstić information content (AvgIpc) is 1.46. The Morgan fingerprint density at radius 1 is 0.179 bits per heavy atom. The number of hydrogen-bond donors (Lipinski definition) is 0. The monoisotopic (exact) mass is 1600 g/mol. The third-order valence-corrected chi connectivity index (χ3v) is 27.2. The van der Waals surface area contributed by atoms with Gasteiger partial charge in [-0.2, -0.15) is 0 Å². The van der Waals surface area contributed by atoms with Crippen LogP contribution in [0.3, 0.4) is 0 Å². The highest BCUT2D eigenvalue weighted by atomic mass is 32.1. The minimum atomic E-state index is 0.952. The first-order valence-electron chi connectivity index (χ1n) is 42.1. The van der Waals surface area contributed by atoms with Gasteiger partial charge < -0.3 is 41.0 Å². The van der Waals surface area contributed by atoms with Crippen molar-refractivity contribution in [3.8, 4) is 17.1 Å². The summed E-state index contributed by atoms with van der Waals surface area (Å²) in [6, 6.07) is 141. The lowest BCUT2D eigenvalue weighted by molar-refractivity contribution is 0.673. The highest BCUT2D eigenvalue weighted by molar-refractivity contribution is 7.26. The molecule has 0 unspecified atom stereocenters. The first-order chi connectivity index (χ1) is 60.7. The van der Waals surface area contributed by atoms with E-state index in [1.54, 1.807) is 0 Å². The summed E-state index contributed by atoms with van der Waals surface area (Å²) in [4.78, 5) is 0. The second-order valence-electron chi connectivity index (χ2n) is 32.4. The summed E-state index contributed by atoms with van der Waals surface area (Å²) in [5, 5.41) is 26.1. The van der Waals surface area contributed by atoms with Gasteiger partial charge in [0.25, 0.3) is 0 Å². The standard InChI is InChI=1S/3C25H18N2.C19H13NO.C19H13NS/c1-26-21-13-7-6-12-20(21)24-23(26)16-15-19-18-11-5-8-14-22(18)27(25(19)24)17-9-3-2-4-10-17;1-26-21-13-7-5-11-18(21)19-15-16-23-24(25(19)26)20-12-6-8-14-22(20)27(23)17-9-3-2-4-10-17;1-26-20-13-7-5-11-18(20)24-22(26)15-16-23-25(24)19-12-6-8-14-21(19)27(23)17-9-3-2-4-10-17;2*1-20-15-8-4-2-7-14(15)18-16(20)11-10-13-12-6-3-5-9-17(12)21-19(13)18/h3*2-16H,1H3;2*2-11H,1H3. The molecule has 0 aliphatic carbocycles. The Morgan fingerprint density at radius 3 is 1.02 bits per heavy atom. The van der Waals surface area contributed by atoms with Gasteiger partial charge in [-0.15, -0.1) is 11.3 Å². The number of rotatable bonds is 3. The maximum atomic E-state index is 6.17. The summed E-state index contributed by atoms with van der Waals surface area (Å²) in [6.07, 6.45) is 0. The topological polar surface area (TPSA) is 52.6 Å². The molecule has 28 aromatic rings. The van der Waals surface area contributed by atoms with Gasteiger partial charge in [0.15, 0.2) is 0 Å². The zero-order chi connectivity index (χ0) is 81.8. The molecular formula is C113H80N8OS. The fraction of sp³-hybridized carbons (Fsp3) is 0.0442. The van der Waals surface area contributed by atoms with E-state index < -0.39 is 0 Å². The van der Waals surface area contributed by atoms with E-state index in [2.05, 4.69) is 454 Å². The van der Waals surface area contributed by atoms with Crippen LogP contribution in [-0.4, -0.2) is 36.5 Å². The van der Waals surface area contributed by atoms with Crippen LogP contribution < -0.4 is 0 Å². The molecule has 0 saturated carbocycles. The number of nitrogens with zero attached hydrogens (tertiary/aromatic N) is 8. The summed E-state index contributed by atoms with van der Waals surface area (Å²) >= 11 is 1.91. The van der Waals surface area contributed by atoms with E-state index in [9.17, 15) is 0 Å². The predicted octanol–water partition coefficient (Wildman–Crippen LogP) is 30.2. The lowest BCUT2D eigenvalue weighted by Crippen LogP contribution is -1.93. The molecule has 10 heteroatoms. The molecule has 584 valence electrons. The molecule has 0 fully saturated rings. The summed E-state index contributed by atoms with van der Waals surface area (Å²) in [7, 11) is 10.8. The highest BCUT2D eigenvalue weighted by Gasteiger charge is 2.24. The van der Waals surface area contributed by atoms with Gasteiger partial charge in [0, 0.05) is 197 Å². The van der Waals surface area contributed by atoms with Crippen LogP contribution in [0.5, 0.6) is 0 Å². The number of aromatic nitrogens is 8. The zero-order valence-electron chi connectivity index (χ0n) is 68.4. The summed E-state index contributed by atoms with van der Waals surface area (Å²) < 4.78 is 27.6. The van der Waals surface area contributed by atoms with Crippen LogP contribution in [-0.2, 0) is 35.2 Å². The molecule has 0 bridgehead atoms. The number of para-hydroxylation sites is 12. The second-order valence-corrected chi connectivity index (χ2v) is 33.4. The molecule has 0 spiro atoms. The van der Waals surface area contributed by atoms with Crippen LogP contribution in [0.1, 0.15) is 0 Å². The van der Waals surface area contributed by atoms with Crippen LogP contribution in [0.15, 0.2) is 399 Å². The molecule has 0 saturated heterocycles. The van der Waals surface area contributed by atoms with Crippen LogP contribution in [0, 0.1) is 0 Å². The third-order valence-electron chi connectivity index (χ3n) is 26.0. The van der Waals surface area contributed by atoms with Crippen molar-refractivity contribution < 1.29 is 4.42 Å². The van der Waals surface area contributed by atoms with Gasteiger partial charge in [-0.05, 0) is 140 Å². The van der Waals surface area contributed by atoms with Gasteiger partial charge >= 0.3 is 0 Å². The Labute approximate surface area is 710 Å². The van der Waals surface area contributed by atoms with Crippen molar-refractivity contribution in [2.24, 2.45) is 35.2 Å². The molecular weight excluding hydrogens is 1520 g/mol. The number of thiophene rings is 1. The Balaban J connectivity index is 0.0000000870. The van der Waals surface area contributed by atoms with Gasteiger partial charge in [-0.1, -0.05) is 255 Å². The molecule has 10 aromatic heterocycles. The second kappa shape index (κ2) is 28.3. The molecule has 9 nitrogen and oxygen atoms in total. The number of aryl methyl sites for hydroxylation is 5. The van der Waals surface area contributed by atoms with E-state index in [1.807, 2.05) is 23.5 Å². The van der Waals surface area contributed by atoms with Crippen molar-refractivity contribution in [2.45, 2.75) is 0 Å². The molecule has 0 N–H and O–H groups in total. The molecule has 0 amide bonds. The van der Waals surface area contributed by atoms with E-state index in [0.29, 0.717) is 0 Å². The van der Waals surface area contributed by atoms with E-state index in [0.717, 1.165) is 11.2 Å². The molecule has 0 aliphatic heterocycles. The molecule has 0 atom stereocenters. The summed E-state index contributed by atoms with van der Waals surface area (Å²) in [5.74, 6) is 0. The fourth-order valence-corrected chi connectivity index (χ4v) is 21.8. The molecule has 0 aliphatic rings. The number of hydrogen-bond acceptors (Lipinski definition) is 2. The van der Waals surface area contributed by atoms with Crippen LogP contribution >= 0.6 is 11.3 Å². The lowest BCUT2D eigenvalue weighted by Gasteiger charge is -2.08. The maximum Gasteiger partial charge on any atom is 0.145 e. The van der Waals surface area contributed by atoms with Crippen molar-refractivity contribution in [3.63, 3.8) is 0 Å². The van der Waals surface area contributed by atoms with Gasteiger partial charge in [-0.3, -0.25) is 0 Å². The Bertz CT molecular complexity index is 8950. The van der Waals surface area contributed by atoms with E-state index in [4.69, 9.17) is 4.42 Å². The number of benzene rings is 18. The first kappa shape index (κ1) is 71.5. The van der Waals surface area contributed by atoms with Crippen LogP contribution in [0.2, 0.25) is 0 Å². The van der Waals surface area contributed by atoms with Crippen molar-refractivity contribution in [2.75, 3.05) is 0 Å². The maximum absolute atomic E-state index is 6.17. The quantitative estimate of drug-likeness (QED) is 0.174. The van der Waals surface area contributed by atoms with E-state index in [1.165, 1.54) is 222 Å². The zero-order valence-corrected chi connectivity index (χ0v) is 69.2. The van der Waals surface area contributed by atoms with Crippen LogP contribution in [0.4, 0.5) is 0 Å². The molecule has 123 heavy (non-hydrogen) atoms. The highest BCUT2D eigenvalue weighted by Crippen LogP contribution is 2.47. The molecule has 18 aromatic carbocycles. The van der Waals surface area contributed by atoms with Crippen molar-refractivity contribution in [1.29, 1.82) is 0 Å². The van der Waals surface area contributed by atoms with Gasteiger partial charge in [0.1, 0.15) is 11.2 Å². The smallest absolute Gasteiger partial charge is 0.145 e. The lowest BCUT2D eigenvalue weighted by atomic mass is 10.1. The van der Waals surface area contributed by atoms with Crippen LogP contribution in [0.25, 0.3) is 234 Å². The predicted molar refractivity (Wildman–Crippen MR) is 525 cm³/mol. The minimum absolute atomic E-state index is 0.952. The van der Waals surface area contributed by atoms with Gasteiger partial charge in [0.2, 0.25) is 0 Å². The SMILES string of the molecule is Cn1c2ccccc2c2c1ccc1c3ccccc3n(-c3ccccc3)c12.Cn1c2ccccc2c2c3c4ccccc4n(-c4ccccc4)c3ccc21.Cn1c2ccccc2c2c3oc4ccccc4c3ccc21.Cn1c2ccccc2c2c3sc4ccccc4c3ccc21.Cn1c2ccccc2c2ccc3c(c4ccccc4n3-c3ccccc3)c21. The Kier molecular flexibility index (Phi) is 16.4. The van der Waals surface area contributed by atoms with Crippen molar-refractivity contribution in [3.05, 3.63) is 394 Å². The van der Waals surface area contributed by atoms with Crippen molar-refractivity contribution in [1.82, 2.24) is 36.5 Å². The Hall–Kier alpha value is -15.6. The normalized spacial score (nSPS) is 11.9. The molecule has 10 heterocycles. The Morgan fingerprint density at radius 2 is 0.480 bits per heavy atom. The molecule has 0 radical (unpaired) electrons. The van der Waals surface area contributed by atoms with E-state index in [-0.39, 0.29) is 0 Å². The number of furan rings is 1. The van der Waals surface area contributed by atoms with E-state index >= 15 is 0 Å². The summed E-state index contributed by atoms with van der Waals surface area (Å²) in [6.45, 7) is 0. The van der Waals surface area contributed by atoms with Gasteiger partial charge in [0.05, 0.1) is 60.6 Å².